The molecule has 38 nitrogen and oxygen atoms in total. The van der Waals surface area contributed by atoms with Gasteiger partial charge in [0.1, 0.15) is 0 Å². The van der Waals surface area contributed by atoms with Gasteiger partial charge in [-0.05, 0) is 146 Å². The zero-order chi connectivity index (χ0) is 77.4. The molecule has 0 aromatic carbocycles. The summed E-state index contributed by atoms with van der Waals surface area (Å²) in [6.45, 7) is -3.59. The van der Waals surface area contributed by atoms with Gasteiger partial charge >= 0.3 is 256 Å². The smallest absolute Gasteiger partial charge is 0.480 e. The summed E-state index contributed by atoms with van der Waals surface area (Å²) in [7, 11) is 0. The molecule has 12 heterocycles. The summed E-state index contributed by atoms with van der Waals surface area (Å²) in [4.78, 5) is 129. The molecule has 0 bridgehead atoms. The molecule has 0 amide bonds. The van der Waals surface area contributed by atoms with E-state index in [2.05, 4.69) is 59.8 Å². The van der Waals surface area contributed by atoms with E-state index in [1.807, 2.05) is 218 Å². The van der Waals surface area contributed by atoms with E-state index in [4.69, 9.17) is 61.3 Å². The van der Waals surface area contributed by atoms with Gasteiger partial charge in [-0.1, -0.05) is 72.8 Å². The van der Waals surface area contributed by atoms with E-state index in [0.717, 1.165) is 78.1 Å². The Kier molecular flexibility index (Phi) is 100. The predicted molar refractivity (Wildman–Crippen MR) is 396 cm³/mol. The number of hydrogen-bond donors (Lipinski definition) is 8. The zero-order valence-electron chi connectivity index (χ0n) is 63.6. The molecular formula is C72H76Cu6N16Na4O22+16. The molecule has 0 spiro atoms. The van der Waals surface area contributed by atoms with Gasteiger partial charge in [-0.15, -0.1) is 20.2 Å². The standard InChI is InChI=1S/6C10H8N2.2C6H9NO6.6Cu.2HNO3.4Na.4H2O/c6*1-3-7-11-9(5-1)10-6-2-4-8-12-10;2*8-4(9)1-7(2-5(10)11)3-6(12)13;;;;;;;2*2-1(3)4;;;;;;;;/h6*1-8H;2*1-3H2,(H,8,9)(H,10,11)(H,12,13);;;;;;;2*(H,2,3,4);;;;;4*1H2/q;;;;;;;;6*+2;;;4*+1;;;;. The van der Waals surface area contributed by atoms with Gasteiger partial charge in [0.05, 0.1) is 108 Å². The summed E-state index contributed by atoms with van der Waals surface area (Å²) >= 11 is 0. The molecule has 120 heavy (non-hydrogen) atoms. The minimum absolute atomic E-state index is 0. The molecule has 0 atom stereocenters. The molecule has 48 heteroatoms. The fraction of sp³-hybridized carbons (Fsp3) is 0.0833. The van der Waals surface area contributed by atoms with E-state index in [1.165, 1.54) is 0 Å². The molecule has 6 radical (unpaired) electrons. The van der Waals surface area contributed by atoms with Gasteiger partial charge in [0.15, 0.2) is 0 Å². The zero-order valence-corrected chi connectivity index (χ0v) is 77.2. The Morgan fingerprint density at radius 3 is 0.350 bits per heavy atom. The van der Waals surface area contributed by atoms with E-state index in [-0.39, 0.29) is 243 Å². The number of hydrogen-bond acceptors (Lipinski definition) is 24. The summed E-state index contributed by atoms with van der Waals surface area (Å²) in [5.74, 6) is -7.57. The minimum atomic E-state index is -1.50. The summed E-state index contributed by atoms with van der Waals surface area (Å²) < 4.78 is 0. The van der Waals surface area contributed by atoms with Crippen LogP contribution in [0.4, 0.5) is 0 Å². The summed E-state index contributed by atoms with van der Waals surface area (Å²) in [5.41, 5.74) is 11.0. The van der Waals surface area contributed by atoms with Crippen molar-refractivity contribution in [3.63, 3.8) is 0 Å². The molecule has 0 fully saturated rings. The molecule has 0 aliphatic carbocycles. The van der Waals surface area contributed by atoms with E-state index in [9.17, 15) is 28.8 Å². The van der Waals surface area contributed by atoms with Crippen LogP contribution >= 0.6 is 0 Å². The maximum absolute atomic E-state index is 10.1. The Hall–Kier alpha value is -8.10. The summed E-state index contributed by atoms with van der Waals surface area (Å²) in [6.07, 6.45) is 21.2. The normalized spacial score (nSPS) is 8.35. The van der Waals surface area contributed by atoms with Crippen molar-refractivity contribution in [3.8, 4) is 68.3 Å². The Morgan fingerprint density at radius 1 is 0.225 bits per heavy atom. The average Bonchev–Trinajstić information content (AvgIpc) is 0.912. The Balaban J connectivity index is -0.000000108. The van der Waals surface area contributed by atoms with Crippen LogP contribution in [0.15, 0.2) is 293 Å². The first-order chi connectivity index (χ1) is 51.1. The van der Waals surface area contributed by atoms with Crippen molar-refractivity contribution in [1.29, 1.82) is 0 Å². The molecular weight excluding hydrogens is 1910 g/mol. The monoisotopic (exact) mass is 1990 g/mol. The number of carboxylic acids is 6. The van der Waals surface area contributed by atoms with Crippen molar-refractivity contribution in [1.82, 2.24) is 69.6 Å². The fourth-order valence-electron chi connectivity index (χ4n) is 7.65. The van der Waals surface area contributed by atoms with Crippen LogP contribution in [0.25, 0.3) is 68.3 Å². The van der Waals surface area contributed by atoms with E-state index >= 15 is 0 Å². The maximum atomic E-state index is 10.1. The van der Waals surface area contributed by atoms with Crippen molar-refractivity contribution < 1.29 is 323 Å². The topological polar surface area (TPSA) is 638 Å². The molecule has 0 unspecified atom stereocenters. The SMILES string of the molecule is O.O.O.O.O=C(O)CN(CC(=O)O)CC(=O)O.O=C(O)CN(CC(=O)O)CC(=O)O.O=[N+]([O-])O.O=[N+]([O-])O.[Cu+2].[Cu+2].[Cu+2].[Cu+2].[Cu+2].[Cu+2].[Na+].[Na+].[Na+].[Na+].c1ccc(-c2ccccn2)nc1.c1ccc(-c2ccccn2)nc1.c1ccc(-c2ccccn2)nc1.c1ccc(-c2ccccn2)nc1.c1ccc(-c2ccccn2)nc1.c1ccc(-c2ccccn2)nc1. The van der Waals surface area contributed by atoms with Gasteiger partial charge in [-0.2, -0.15) is 0 Å². The number of carbonyl (C=O) groups is 6. The third-order valence-corrected chi connectivity index (χ3v) is 11.7. The molecule has 16 N–H and O–H groups in total. The molecule has 0 saturated heterocycles. The molecule has 630 valence electrons. The number of rotatable bonds is 18. The Morgan fingerprint density at radius 2 is 0.300 bits per heavy atom. The largest absolute Gasteiger partial charge is 2.00 e. The van der Waals surface area contributed by atoms with Gasteiger partial charge in [0, 0.05) is 74.4 Å². The number of carboxylic acid groups (broad SMARTS) is 6. The second kappa shape index (κ2) is 87.3. The van der Waals surface area contributed by atoms with E-state index < -0.39 is 85.3 Å². The summed E-state index contributed by atoms with van der Waals surface area (Å²) in [5, 5.41) is 77.0. The van der Waals surface area contributed by atoms with Gasteiger partial charge in [0.25, 0.3) is 10.2 Å². The van der Waals surface area contributed by atoms with E-state index in [1.54, 1.807) is 74.4 Å². The van der Waals surface area contributed by atoms with Crippen molar-refractivity contribution in [3.05, 3.63) is 313 Å². The number of aliphatic carboxylic acids is 6. The van der Waals surface area contributed by atoms with Crippen LogP contribution in [0.1, 0.15) is 0 Å². The van der Waals surface area contributed by atoms with Crippen LogP contribution in [0.5, 0.6) is 0 Å². The first-order valence-electron chi connectivity index (χ1n) is 30.5. The number of nitrogens with zero attached hydrogens (tertiary/aromatic N) is 16. The fourth-order valence-corrected chi connectivity index (χ4v) is 7.65. The molecule has 12 rings (SSSR count). The Bertz CT molecular complexity index is 3520. The molecule has 0 aliphatic rings. The molecule has 12 aromatic rings. The molecule has 0 aliphatic heterocycles. The van der Waals surface area contributed by atoms with Crippen molar-refractivity contribution in [2.45, 2.75) is 0 Å². The van der Waals surface area contributed by atoms with Crippen molar-refractivity contribution in [2.24, 2.45) is 0 Å². The Labute approximate surface area is 838 Å². The van der Waals surface area contributed by atoms with Crippen LogP contribution in [-0.4, -0.2) is 218 Å². The average molecular weight is 1990 g/mol. The van der Waals surface area contributed by atoms with Gasteiger partial charge in [0.2, 0.25) is 0 Å². The van der Waals surface area contributed by atoms with Gasteiger partial charge in [-0.3, -0.25) is 98.4 Å². The van der Waals surface area contributed by atoms with Crippen molar-refractivity contribution >= 4 is 35.8 Å². The third-order valence-electron chi connectivity index (χ3n) is 11.7. The van der Waals surface area contributed by atoms with Crippen LogP contribution in [-0.2, 0) is 131 Å². The summed E-state index contributed by atoms with van der Waals surface area (Å²) in [6, 6.07) is 69.6. The first-order valence-corrected chi connectivity index (χ1v) is 30.5. The van der Waals surface area contributed by atoms with Gasteiger partial charge in [-0.25, -0.2) is 0 Å². The molecule has 0 saturated carbocycles. The number of pyridine rings is 12. The second-order valence-corrected chi connectivity index (χ2v) is 19.7. The predicted octanol–water partition coefficient (Wildman–Crippen LogP) is -6.05. The number of aromatic nitrogens is 12. The van der Waals surface area contributed by atoms with Crippen LogP contribution in [0.3, 0.4) is 0 Å². The molecule has 12 aromatic heterocycles. The second-order valence-electron chi connectivity index (χ2n) is 19.7. The third kappa shape index (κ3) is 70.6. The quantitative estimate of drug-likeness (QED) is 0.0225. The van der Waals surface area contributed by atoms with Crippen LogP contribution in [0.2, 0.25) is 0 Å². The van der Waals surface area contributed by atoms with Crippen LogP contribution < -0.4 is 118 Å². The maximum Gasteiger partial charge on any atom is 2.00 e. The van der Waals surface area contributed by atoms with E-state index in [0.29, 0.717) is 0 Å². The van der Waals surface area contributed by atoms with Gasteiger partial charge < -0.3 is 63.0 Å². The van der Waals surface area contributed by atoms with Crippen molar-refractivity contribution in [2.75, 3.05) is 39.3 Å². The van der Waals surface area contributed by atoms with Crippen LogP contribution in [0, 0.1) is 20.2 Å². The first kappa shape index (κ1) is 138. The minimum Gasteiger partial charge on any atom is -0.480 e.